The Morgan fingerprint density at radius 3 is 2.78 bits per heavy atom. The zero-order valence-electron chi connectivity index (χ0n) is 13.2. The van der Waals surface area contributed by atoms with Crippen LogP contribution in [0.1, 0.15) is 39.8 Å². The molecule has 1 atom stereocenters. The van der Waals surface area contributed by atoms with Gasteiger partial charge >= 0.3 is 5.97 Å². The Balaban J connectivity index is 1.86. The van der Waals surface area contributed by atoms with E-state index in [-0.39, 0.29) is 16.8 Å². The second-order valence-electron chi connectivity index (χ2n) is 5.25. The summed E-state index contributed by atoms with van der Waals surface area (Å²) in [4.78, 5) is 29.7. The number of aromatic carboxylic acids is 1. The number of carboxylic acid groups (broad SMARTS) is 1. The maximum absolute atomic E-state index is 12.0. The monoisotopic (exact) mass is 353 g/mol. The quantitative estimate of drug-likeness (QED) is 0.798. The Kier molecular flexibility index (Phi) is 5.86. The number of hydrogen-bond acceptors (Lipinski definition) is 6. The van der Waals surface area contributed by atoms with E-state index in [1.807, 2.05) is 19.4 Å². The summed E-state index contributed by atoms with van der Waals surface area (Å²) >= 11 is 2.71. The van der Waals surface area contributed by atoms with Gasteiger partial charge in [0.2, 0.25) is 5.91 Å². The summed E-state index contributed by atoms with van der Waals surface area (Å²) in [6.07, 6.45) is 0.292. The van der Waals surface area contributed by atoms with Crippen molar-refractivity contribution in [1.82, 2.24) is 9.88 Å². The molecule has 124 valence electrons. The molecule has 2 rings (SSSR count). The number of carbonyl (C=O) groups excluding carboxylic acids is 1. The van der Waals surface area contributed by atoms with Crippen LogP contribution in [0.4, 0.5) is 5.69 Å². The van der Waals surface area contributed by atoms with Gasteiger partial charge in [-0.15, -0.1) is 22.7 Å². The summed E-state index contributed by atoms with van der Waals surface area (Å²) in [6.45, 7) is 4.58. The van der Waals surface area contributed by atoms with E-state index in [4.69, 9.17) is 5.11 Å². The summed E-state index contributed by atoms with van der Waals surface area (Å²) in [5.41, 5.74) is 1.36. The zero-order chi connectivity index (χ0) is 17.0. The minimum atomic E-state index is -1.03. The topological polar surface area (TPSA) is 82.5 Å². The number of anilines is 1. The number of carbonyl (C=O) groups is 2. The molecule has 2 aromatic rings. The van der Waals surface area contributed by atoms with E-state index in [2.05, 4.69) is 22.1 Å². The molecular weight excluding hydrogens is 334 g/mol. The molecule has 0 bridgehead atoms. The highest BCUT2D eigenvalue weighted by molar-refractivity contribution is 7.12. The van der Waals surface area contributed by atoms with Crippen LogP contribution >= 0.6 is 22.7 Å². The zero-order valence-corrected chi connectivity index (χ0v) is 14.8. The normalized spacial score (nSPS) is 12.3. The van der Waals surface area contributed by atoms with E-state index < -0.39 is 5.97 Å². The van der Waals surface area contributed by atoms with Crippen molar-refractivity contribution in [2.24, 2.45) is 0 Å². The van der Waals surface area contributed by atoms with Crippen molar-refractivity contribution >= 4 is 40.2 Å². The first kappa shape index (κ1) is 17.6. The van der Waals surface area contributed by atoms with Gasteiger partial charge in [-0.3, -0.25) is 9.69 Å². The predicted octanol–water partition coefficient (Wildman–Crippen LogP) is 3.23. The maximum Gasteiger partial charge on any atom is 0.348 e. The van der Waals surface area contributed by atoms with Crippen LogP contribution in [-0.4, -0.2) is 40.5 Å². The van der Waals surface area contributed by atoms with Crippen molar-refractivity contribution in [2.45, 2.75) is 26.3 Å². The Morgan fingerprint density at radius 2 is 2.17 bits per heavy atom. The number of thiazole rings is 1. The fraction of sp³-hybridized carbons (Fsp3) is 0.400. The molecule has 23 heavy (non-hydrogen) atoms. The number of nitrogens with zero attached hydrogens (tertiary/aromatic N) is 2. The van der Waals surface area contributed by atoms with E-state index >= 15 is 0 Å². The van der Waals surface area contributed by atoms with Crippen LogP contribution < -0.4 is 5.32 Å². The SMILES string of the molecule is Cc1csc([C@H](C)N(C)CCC(=O)Nc2ccsc2C(=O)O)n1. The third-order valence-electron chi connectivity index (χ3n) is 3.48. The number of amides is 1. The highest BCUT2D eigenvalue weighted by Crippen LogP contribution is 2.24. The molecule has 6 nitrogen and oxygen atoms in total. The van der Waals surface area contributed by atoms with E-state index in [9.17, 15) is 9.59 Å². The van der Waals surface area contributed by atoms with Crippen molar-refractivity contribution in [1.29, 1.82) is 0 Å². The van der Waals surface area contributed by atoms with Gasteiger partial charge in [-0.25, -0.2) is 9.78 Å². The lowest BCUT2D eigenvalue weighted by Crippen LogP contribution is -2.27. The molecule has 2 heterocycles. The average molecular weight is 353 g/mol. The van der Waals surface area contributed by atoms with Gasteiger partial charge in [0.05, 0.1) is 11.7 Å². The molecule has 1 amide bonds. The lowest BCUT2D eigenvalue weighted by molar-refractivity contribution is -0.116. The molecule has 0 fully saturated rings. The predicted molar refractivity (Wildman–Crippen MR) is 92.4 cm³/mol. The number of aryl methyl sites for hydroxylation is 1. The molecule has 0 aromatic carbocycles. The van der Waals surface area contributed by atoms with Crippen LogP contribution in [-0.2, 0) is 4.79 Å². The van der Waals surface area contributed by atoms with Gasteiger partial charge in [0.25, 0.3) is 0 Å². The third kappa shape index (κ3) is 4.60. The number of carboxylic acids is 1. The van der Waals surface area contributed by atoms with Gasteiger partial charge in [0.1, 0.15) is 9.88 Å². The van der Waals surface area contributed by atoms with Crippen LogP contribution in [0.2, 0.25) is 0 Å². The van der Waals surface area contributed by atoms with Crippen molar-refractivity contribution < 1.29 is 14.7 Å². The van der Waals surface area contributed by atoms with E-state index in [1.165, 1.54) is 0 Å². The lowest BCUT2D eigenvalue weighted by atomic mass is 10.2. The number of rotatable bonds is 7. The van der Waals surface area contributed by atoms with Crippen molar-refractivity contribution in [2.75, 3.05) is 18.9 Å². The number of nitrogens with one attached hydrogen (secondary N) is 1. The molecule has 2 aromatic heterocycles. The van der Waals surface area contributed by atoms with E-state index in [0.29, 0.717) is 18.7 Å². The Bertz CT molecular complexity index is 696. The Labute approximate surface area is 142 Å². The van der Waals surface area contributed by atoms with Crippen molar-refractivity contribution in [3.05, 3.63) is 32.4 Å². The molecule has 8 heteroatoms. The summed E-state index contributed by atoms with van der Waals surface area (Å²) in [5.74, 6) is -1.22. The summed E-state index contributed by atoms with van der Waals surface area (Å²) in [5, 5.41) is 16.4. The molecule has 0 unspecified atom stereocenters. The molecule has 0 aliphatic carbocycles. The molecule has 0 saturated carbocycles. The van der Waals surface area contributed by atoms with Gasteiger partial charge in [0.15, 0.2) is 0 Å². The van der Waals surface area contributed by atoms with Crippen LogP contribution in [0.25, 0.3) is 0 Å². The minimum absolute atomic E-state index is 0.136. The summed E-state index contributed by atoms with van der Waals surface area (Å²) in [6, 6.07) is 1.74. The highest BCUT2D eigenvalue weighted by Gasteiger charge is 2.17. The molecule has 0 saturated heterocycles. The smallest absolute Gasteiger partial charge is 0.348 e. The van der Waals surface area contributed by atoms with Gasteiger partial charge in [0, 0.05) is 24.0 Å². The largest absolute Gasteiger partial charge is 0.477 e. The Morgan fingerprint density at radius 1 is 1.43 bits per heavy atom. The minimum Gasteiger partial charge on any atom is -0.477 e. The molecular formula is C15H19N3O3S2. The van der Waals surface area contributed by atoms with Gasteiger partial charge < -0.3 is 10.4 Å². The van der Waals surface area contributed by atoms with Crippen LogP contribution in [0, 0.1) is 6.92 Å². The highest BCUT2D eigenvalue weighted by atomic mass is 32.1. The van der Waals surface area contributed by atoms with Crippen molar-refractivity contribution in [3.63, 3.8) is 0 Å². The van der Waals surface area contributed by atoms with Gasteiger partial charge in [-0.1, -0.05) is 0 Å². The standard InChI is InChI=1S/C15H19N3O3S2/c1-9-8-23-14(16-9)10(2)18(3)6-4-12(19)17-11-5-7-22-13(11)15(20)21/h5,7-8,10H,4,6H2,1-3H3,(H,17,19)(H,20,21)/t10-/m0/s1. The molecule has 0 aliphatic rings. The lowest BCUT2D eigenvalue weighted by Gasteiger charge is -2.22. The van der Waals surface area contributed by atoms with Crippen LogP contribution in [0.5, 0.6) is 0 Å². The summed E-state index contributed by atoms with van der Waals surface area (Å²) in [7, 11) is 1.95. The Hall–Kier alpha value is -1.77. The first-order valence-electron chi connectivity index (χ1n) is 7.11. The number of aromatic nitrogens is 1. The van der Waals surface area contributed by atoms with Gasteiger partial charge in [-0.05, 0) is 32.3 Å². The summed E-state index contributed by atoms with van der Waals surface area (Å²) < 4.78 is 0. The first-order valence-corrected chi connectivity index (χ1v) is 8.87. The molecule has 0 radical (unpaired) electrons. The number of thiophene rings is 1. The first-order chi connectivity index (χ1) is 10.9. The van der Waals surface area contributed by atoms with Crippen LogP contribution in [0.3, 0.4) is 0 Å². The fourth-order valence-corrected chi connectivity index (χ4v) is 3.61. The average Bonchev–Trinajstić information content (AvgIpc) is 3.13. The molecule has 0 spiro atoms. The van der Waals surface area contributed by atoms with Crippen molar-refractivity contribution in [3.8, 4) is 0 Å². The fourth-order valence-electron chi connectivity index (χ4n) is 2.01. The van der Waals surface area contributed by atoms with E-state index in [1.54, 1.807) is 22.8 Å². The molecule has 2 N–H and O–H groups in total. The third-order valence-corrected chi connectivity index (χ3v) is 5.52. The van der Waals surface area contributed by atoms with E-state index in [0.717, 1.165) is 22.0 Å². The maximum atomic E-state index is 12.0. The molecule has 0 aliphatic heterocycles. The van der Waals surface area contributed by atoms with Gasteiger partial charge in [-0.2, -0.15) is 0 Å². The van der Waals surface area contributed by atoms with Crippen LogP contribution in [0.15, 0.2) is 16.8 Å². The second kappa shape index (κ2) is 7.67. The second-order valence-corrected chi connectivity index (χ2v) is 7.06. The number of hydrogen-bond donors (Lipinski definition) is 2.